The predicted molar refractivity (Wildman–Crippen MR) is 88.3 cm³/mol. The smallest absolute Gasteiger partial charge is 0.394 e. The minimum atomic E-state index is -4.50. The van der Waals surface area contributed by atoms with Gasteiger partial charge in [-0.3, -0.25) is 0 Å². The summed E-state index contributed by atoms with van der Waals surface area (Å²) in [5.41, 5.74) is -0.347. The summed E-state index contributed by atoms with van der Waals surface area (Å²) >= 11 is 0. The number of aliphatic hydroxyl groups excluding tert-OH is 1. The third kappa shape index (κ3) is 5.92. The summed E-state index contributed by atoms with van der Waals surface area (Å²) in [5, 5.41) is 14.3. The number of carbonyl (C=O) groups is 1. The lowest BCUT2D eigenvalue weighted by Gasteiger charge is -2.22. The van der Waals surface area contributed by atoms with Crippen LogP contribution in [0.25, 0.3) is 0 Å². The number of carbonyl (C=O) groups excluding carboxylic acids is 1. The molecule has 0 aliphatic rings. The number of nitrogens with zero attached hydrogens (tertiary/aromatic N) is 1. The van der Waals surface area contributed by atoms with Gasteiger partial charge in [-0.25, -0.2) is 4.79 Å². The fourth-order valence-corrected chi connectivity index (χ4v) is 2.29. The molecule has 1 aromatic carbocycles. The maximum Gasteiger partial charge on any atom is 0.416 e. The molecular formula is C16H24F3N3O2. The van der Waals surface area contributed by atoms with Gasteiger partial charge in [-0.2, -0.15) is 13.2 Å². The van der Waals surface area contributed by atoms with Gasteiger partial charge >= 0.3 is 12.2 Å². The number of alkyl halides is 3. The minimum Gasteiger partial charge on any atom is -0.394 e. The second kappa shape index (κ2) is 8.23. The molecule has 0 saturated heterocycles. The van der Waals surface area contributed by atoms with E-state index in [9.17, 15) is 23.1 Å². The van der Waals surface area contributed by atoms with Crippen molar-refractivity contribution in [3.8, 4) is 0 Å². The zero-order valence-corrected chi connectivity index (χ0v) is 14.2. The van der Waals surface area contributed by atoms with E-state index in [1.807, 2.05) is 13.8 Å². The van der Waals surface area contributed by atoms with Gasteiger partial charge in [-0.15, -0.1) is 0 Å². The van der Waals surface area contributed by atoms with Crippen LogP contribution in [-0.2, 0) is 6.18 Å². The fraction of sp³-hybridized carbons (Fsp3) is 0.562. The van der Waals surface area contributed by atoms with Crippen molar-refractivity contribution in [3.63, 3.8) is 0 Å². The lowest BCUT2D eigenvalue weighted by Crippen LogP contribution is -2.41. The Labute approximate surface area is 139 Å². The Hall–Kier alpha value is -1.96. The highest BCUT2D eigenvalue weighted by Gasteiger charge is 2.31. The summed E-state index contributed by atoms with van der Waals surface area (Å²) in [6.07, 6.45) is -3.93. The van der Waals surface area contributed by atoms with E-state index in [1.54, 1.807) is 19.0 Å². The molecule has 0 aromatic heterocycles. The van der Waals surface area contributed by atoms with E-state index in [0.29, 0.717) is 12.1 Å². The SMILES string of the molecule is CC(C)CC(CO)NC(=O)Nc1cc(C(F)(F)F)ccc1N(C)C. The van der Waals surface area contributed by atoms with Gasteiger partial charge in [0.2, 0.25) is 0 Å². The normalized spacial score (nSPS) is 12.9. The predicted octanol–water partition coefficient (Wildman–Crippen LogP) is 3.30. The number of hydrogen-bond donors (Lipinski definition) is 3. The first-order valence-corrected chi connectivity index (χ1v) is 7.61. The monoisotopic (exact) mass is 347 g/mol. The second-order valence-corrected chi connectivity index (χ2v) is 6.23. The molecule has 0 fully saturated rings. The quantitative estimate of drug-likeness (QED) is 0.740. The lowest BCUT2D eigenvalue weighted by atomic mass is 10.0. The van der Waals surface area contributed by atoms with Gasteiger partial charge in [0.1, 0.15) is 0 Å². The van der Waals surface area contributed by atoms with Gasteiger partial charge in [-0.05, 0) is 30.5 Å². The Morgan fingerprint density at radius 2 is 1.92 bits per heavy atom. The Balaban J connectivity index is 2.96. The minimum absolute atomic E-state index is 0.0496. The summed E-state index contributed by atoms with van der Waals surface area (Å²) in [7, 11) is 3.34. The Morgan fingerprint density at radius 3 is 2.38 bits per heavy atom. The molecule has 1 unspecified atom stereocenters. The highest BCUT2D eigenvalue weighted by Crippen LogP contribution is 2.34. The van der Waals surface area contributed by atoms with Crippen LogP contribution >= 0.6 is 0 Å². The standard InChI is InChI=1S/C16H24F3N3O2/c1-10(2)7-12(9-23)20-15(24)21-13-8-11(16(17,18)19)5-6-14(13)22(3)4/h5-6,8,10,12,23H,7,9H2,1-4H3,(H2,20,21,24). The van der Waals surface area contributed by atoms with Crippen molar-refractivity contribution in [3.05, 3.63) is 23.8 Å². The highest BCUT2D eigenvalue weighted by atomic mass is 19.4. The molecular weight excluding hydrogens is 323 g/mol. The van der Waals surface area contributed by atoms with Crippen LogP contribution in [0.4, 0.5) is 29.3 Å². The van der Waals surface area contributed by atoms with Gasteiger partial charge in [0.15, 0.2) is 0 Å². The third-order valence-electron chi connectivity index (χ3n) is 3.37. The first kappa shape index (κ1) is 20.1. The zero-order valence-electron chi connectivity index (χ0n) is 14.2. The number of anilines is 2. The van der Waals surface area contributed by atoms with E-state index in [1.165, 1.54) is 6.07 Å². The summed E-state index contributed by atoms with van der Waals surface area (Å²) in [6.45, 7) is 3.65. The second-order valence-electron chi connectivity index (χ2n) is 6.23. The molecule has 5 nitrogen and oxygen atoms in total. The topological polar surface area (TPSA) is 64.6 Å². The van der Waals surface area contributed by atoms with Crippen LogP contribution in [0.15, 0.2) is 18.2 Å². The number of nitrogens with one attached hydrogen (secondary N) is 2. The van der Waals surface area contributed by atoms with E-state index in [4.69, 9.17) is 0 Å². The molecule has 3 N–H and O–H groups in total. The maximum absolute atomic E-state index is 12.9. The molecule has 0 spiro atoms. The van der Waals surface area contributed by atoms with E-state index in [-0.39, 0.29) is 18.2 Å². The number of aliphatic hydroxyl groups is 1. The van der Waals surface area contributed by atoms with Crippen molar-refractivity contribution in [2.75, 3.05) is 30.9 Å². The molecule has 8 heteroatoms. The number of rotatable bonds is 6. The Bertz CT molecular complexity index is 560. The van der Waals surface area contributed by atoms with Crippen molar-refractivity contribution in [2.45, 2.75) is 32.5 Å². The maximum atomic E-state index is 12.9. The fourth-order valence-electron chi connectivity index (χ4n) is 2.29. The summed E-state index contributed by atoms with van der Waals surface area (Å²) < 4.78 is 38.6. The van der Waals surface area contributed by atoms with Crippen LogP contribution in [-0.4, -0.2) is 37.9 Å². The van der Waals surface area contributed by atoms with Crippen molar-refractivity contribution in [1.29, 1.82) is 0 Å². The molecule has 1 aromatic rings. The van der Waals surface area contributed by atoms with Crippen LogP contribution in [0.3, 0.4) is 0 Å². The van der Waals surface area contributed by atoms with Crippen LogP contribution in [0, 0.1) is 5.92 Å². The molecule has 0 bridgehead atoms. The van der Waals surface area contributed by atoms with E-state index in [0.717, 1.165) is 12.1 Å². The van der Waals surface area contributed by atoms with Gasteiger partial charge in [0, 0.05) is 14.1 Å². The molecule has 2 amide bonds. The molecule has 0 aliphatic heterocycles. The Morgan fingerprint density at radius 1 is 1.29 bits per heavy atom. The van der Waals surface area contributed by atoms with Crippen LogP contribution in [0.2, 0.25) is 0 Å². The van der Waals surface area contributed by atoms with Gasteiger partial charge in [0.05, 0.1) is 29.6 Å². The van der Waals surface area contributed by atoms with E-state index >= 15 is 0 Å². The molecule has 1 atom stereocenters. The number of benzene rings is 1. The van der Waals surface area contributed by atoms with Gasteiger partial charge < -0.3 is 20.6 Å². The van der Waals surface area contributed by atoms with Crippen LogP contribution in [0.1, 0.15) is 25.8 Å². The molecule has 0 heterocycles. The number of halogens is 3. The summed E-state index contributed by atoms with van der Waals surface area (Å²) in [6, 6.07) is 2.05. The van der Waals surface area contributed by atoms with Crippen LogP contribution in [0.5, 0.6) is 0 Å². The van der Waals surface area contributed by atoms with E-state index in [2.05, 4.69) is 10.6 Å². The van der Waals surface area contributed by atoms with Crippen molar-refractivity contribution in [1.82, 2.24) is 5.32 Å². The summed E-state index contributed by atoms with van der Waals surface area (Å²) in [5.74, 6) is 0.258. The molecule has 136 valence electrons. The largest absolute Gasteiger partial charge is 0.416 e. The molecule has 0 radical (unpaired) electrons. The van der Waals surface area contributed by atoms with Crippen molar-refractivity contribution in [2.24, 2.45) is 5.92 Å². The average molecular weight is 347 g/mol. The van der Waals surface area contributed by atoms with Gasteiger partial charge in [0.25, 0.3) is 0 Å². The Kier molecular flexibility index (Phi) is 6.89. The number of amides is 2. The molecule has 0 saturated carbocycles. The van der Waals surface area contributed by atoms with Crippen molar-refractivity contribution >= 4 is 17.4 Å². The summed E-state index contributed by atoms with van der Waals surface area (Å²) in [4.78, 5) is 13.7. The first-order valence-electron chi connectivity index (χ1n) is 7.61. The number of urea groups is 1. The highest BCUT2D eigenvalue weighted by molar-refractivity contribution is 5.93. The third-order valence-corrected chi connectivity index (χ3v) is 3.37. The average Bonchev–Trinajstić information content (AvgIpc) is 2.44. The number of hydrogen-bond acceptors (Lipinski definition) is 3. The lowest BCUT2D eigenvalue weighted by molar-refractivity contribution is -0.137. The van der Waals surface area contributed by atoms with Gasteiger partial charge in [-0.1, -0.05) is 13.8 Å². The molecule has 24 heavy (non-hydrogen) atoms. The van der Waals surface area contributed by atoms with Crippen molar-refractivity contribution < 1.29 is 23.1 Å². The first-order chi connectivity index (χ1) is 11.0. The molecule has 1 rings (SSSR count). The molecule has 0 aliphatic carbocycles. The van der Waals surface area contributed by atoms with E-state index < -0.39 is 23.8 Å². The zero-order chi connectivity index (χ0) is 18.5. The van der Waals surface area contributed by atoms with Crippen LogP contribution < -0.4 is 15.5 Å².